The summed E-state index contributed by atoms with van der Waals surface area (Å²) in [7, 11) is 0. The van der Waals surface area contributed by atoms with Crippen molar-refractivity contribution in [3.63, 3.8) is 0 Å². The number of imide groups is 1. The number of halogens is 1. The lowest BCUT2D eigenvalue weighted by Crippen LogP contribution is -2.38. The minimum Gasteiger partial charge on any atom is -0.456 e. The Morgan fingerprint density at radius 3 is 2.61 bits per heavy atom. The molecule has 10 nitrogen and oxygen atoms in total. The Hall–Kier alpha value is -4.80. The summed E-state index contributed by atoms with van der Waals surface area (Å²) < 4.78 is 19.3. The molecule has 3 aromatic rings. The van der Waals surface area contributed by atoms with E-state index in [1.54, 1.807) is 6.07 Å². The average molecular weight is 450 g/mol. The van der Waals surface area contributed by atoms with Crippen LogP contribution in [0.1, 0.15) is 5.76 Å². The van der Waals surface area contributed by atoms with Crippen LogP contribution in [-0.4, -0.2) is 34.2 Å². The molecule has 1 aromatic heterocycles. The minimum absolute atomic E-state index is 0.0801. The third-order valence-corrected chi connectivity index (χ3v) is 4.69. The number of furan rings is 1. The molecular weight excluding hydrogens is 435 g/mol. The van der Waals surface area contributed by atoms with Gasteiger partial charge in [0, 0.05) is 12.1 Å². The smallest absolute Gasteiger partial charge is 0.329 e. The highest BCUT2D eigenvalue weighted by Gasteiger charge is 2.35. The molecular formula is C22H15FN4O6. The molecule has 1 aliphatic rings. The number of carbonyl (C=O) groups is 3. The van der Waals surface area contributed by atoms with Gasteiger partial charge in [0.2, 0.25) is 5.91 Å². The Balaban J connectivity index is 1.49. The first-order valence-corrected chi connectivity index (χ1v) is 9.56. The summed E-state index contributed by atoms with van der Waals surface area (Å²) in [6, 6.07) is 13.6. The number of nitro benzene ring substituents is 1. The van der Waals surface area contributed by atoms with E-state index in [1.165, 1.54) is 54.6 Å². The van der Waals surface area contributed by atoms with Gasteiger partial charge in [-0.1, -0.05) is 24.3 Å². The average Bonchev–Trinajstić information content (AvgIpc) is 3.35. The van der Waals surface area contributed by atoms with Crippen molar-refractivity contribution in [3.8, 4) is 11.3 Å². The predicted molar refractivity (Wildman–Crippen MR) is 114 cm³/mol. The fraction of sp³-hybridized carbons (Fsp3) is 0.0455. The molecule has 33 heavy (non-hydrogen) atoms. The van der Waals surface area contributed by atoms with Gasteiger partial charge in [-0.2, -0.15) is 0 Å². The number of rotatable bonds is 6. The Kier molecular flexibility index (Phi) is 5.68. The van der Waals surface area contributed by atoms with Crippen LogP contribution in [0.5, 0.6) is 0 Å². The highest BCUT2D eigenvalue weighted by Crippen LogP contribution is 2.31. The molecule has 166 valence electrons. The maximum atomic E-state index is 13.7. The fourth-order valence-electron chi connectivity index (χ4n) is 3.17. The molecule has 1 saturated heterocycles. The SMILES string of the molecule is O=C(CN1C(=O)N/C(=C\c2ccc(-c3ccccc3[N+](=O)[O-])o2)C1=O)Nc1ccccc1F. The lowest BCUT2D eigenvalue weighted by atomic mass is 10.1. The van der Waals surface area contributed by atoms with Crippen molar-refractivity contribution in [1.82, 2.24) is 10.2 Å². The van der Waals surface area contributed by atoms with Crippen LogP contribution in [0, 0.1) is 15.9 Å². The monoisotopic (exact) mass is 450 g/mol. The second-order valence-electron chi connectivity index (χ2n) is 6.88. The number of benzene rings is 2. The van der Waals surface area contributed by atoms with E-state index >= 15 is 0 Å². The number of nitrogens with one attached hydrogen (secondary N) is 2. The van der Waals surface area contributed by atoms with Gasteiger partial charge < -0.3 is 15.1 Å². The van der Waals surface area contributed by atoms with Crippen molar-refractivity contribution in [1.29, 1.82) is 0 Å². The number of para-hydroxylation sites is 2. The highest BCUT2D eigenvalue weighted by atomic mass is 19.1. The number of carbonyl (C=O) groups excluding carboxylic acids is 3. The van der Waals surface area contributed by atoms with E-state index in [0.29, 0.717) is 4.90 Å². The number of nitrogens with zero attached hydrogens (tertiary/aromatic N) is 2. The molecule has 2 aromatic carbocycles. The number of anilines is 1. The van der Waals surface area contributed by atoms with Crippen LogP contribution in [0.15, 0.2) is 70.8 Å². The van der Waals surface area contributed by atoms with Crippen molar-refractivity contribution in [2.24, 2.45) is 0 Å². The van der Waals surface area contributed by atoms with Gasteiger partial charge in [0.15, 0.2) is 0 Å². The molecule has 0 atom stereocenters. The number of hydrogen-bond donors (Lipinski definition) is 2. The molecule has 1 fully saturated rings. The van der Waals surface area contributed by atoms with Crippen molar-refractivity contribution < 1.29 is 28.1 Å². The van der Waals surface area contributed by atoms with Crippen LogP contribution in [0.25, 0.3) is 17.4 Å². The second-order valence-corrected chi connectivity index (χ2v) is 6.88. The fourth-order valence-corrected chi connectivity index (χ4v) is 3.17. The predicted octanol–water partition coefficient (Wildman–Crippen LogP) is 3.53. The maximum Gasteiger partial charge on any atom is 0.329 e. The van der Waals surface area contributed by atoms with E-state index in [-0.39, 0.29) is 34.2 Å². The zero-order chi connectivity index (χ0) is 23.5. The molecule has 0 spiro atoms. The van der Waals surface area contributed by atoms with Crippen molar-refractivity contribution >= 4 is 35.3 Å². The van der Waals surface area contributed by atoms with Crippen LogP contribution in [0.2, 0.25) is 0 Å². The second kappa shape index (κ2) is 8.75. The summed E-state index contributed by atoms with van der Waals surface area (Å²) >= 11 is 0. The summed E-state index contributed by atoms with van der Waals surface area (Å²) in [5, 5.41) is 15.9. The summed E-state index contributed by atoms with van der Waals surface area (Å²) in [6.07, 6.45) is 1.24. The zero-order valence-corrected chi connectivity index (χ0v) is 16.8. The van der Waals surface area contributed by atoms with Gasteiger partial charge in [-0.25, -0.2) is 14.1 Å². The van der Waals surface area contributed by atoms with Gasteiger partial charge in [0.25, 0.3) is 11.6 Å². The van der Waals surface area contributed by atoms with Crippen LogP contribution < -0.4 is 10.6 Å². The highest BCUT2D eigenvalue weighted by molar-refractivity contribution is 6.15. The van der Waals surface area contributed by atoms with E-state index in [4.69, 9.17) is 4.42 Å². The van der Waals surface area contributed by atoms with E-state index in [1.807, 2.05) is 0 Å². The third kappa shape index (κ3) is 4.46. The third-order valence-electron chi connectivity index (χ3n) is 4.69. The zero-order valence-electron chi connectivity index (χ0n) is 16.8. The minimum atomic E-state index is -0.833. The van der Waals surface area contributed by atoms with E-state index in [9.17, 15) is 28.9 Å². The Morgan fingerprint density at radius 2 is 1.85 bits per heavy atom. The normalized spacial score (nSPS) is 14.5. The molecule has 0 radical (unpaired) electrons. The lowest BCUT2D eigenvalue weighted by molar-refractivity contribution is -0.384. The van der Waals surface area contributed by atoms with Gasteiger partial charge in [-0.15, -0.1) is 0 Å². The van der Waals surface area contributed by atoms with Gasteiger partial charge >= 0.3 is 6.03 Å². The molecule has 0 aliphatic carbocycles. The molecule has 4 amide bonds. The number of hydrogen-bond acceptors (Lipinski definition) is 6. The molecule has 2 heterocycles. The first kappa shape index (κ1) is 21.4. The van der Waals surface area contributed by atoms with Crippen LogP contribution in [-0.2, 0) is 9.59 Å². The Labute approximate surface area is 185 Å². The van der Waals surface area contributed by atoms with E-state index in [0.717, 1.165) is 6.07 Å². The molecule has 0 bridgehead atoms. The summed E-state index contributed by atoms with van der Waals surface area (Å²) in [4.78, 5) is 48.3. The largest absolute Gasteiger partial charge is 0.456 e. The molecule has 0 saturated carbocycles. The topological polar surface area (TPSA) is 135 Å². The Morgan fingerprint density at radius 1 is 1.12 bits per heavy atom. The van der Waals surface area contributed by atoms with Gasteiger partial charge in [0.05, 0.1) is 16.2 Å². The van der Waals surface area contributed by atoms with Crippen molar-refractivity contribution in [2.75, 3.05) is 11.9 Å². The van der Waals surface area contributed by atoms with Gasteiger partial charge in [0.1, 0.15) is 29.6 Å². The van der Waals surface area contributed by atoms with E-state index < -0.39 is 35.1 Å². The quantitative estimate of drug-likeness (QED) is 0.255. The first-order valence-electron chi connectivity index (χ1n) is 9.56. The van der Waals surface area contributed by atoms with Gasteiger partial charge in [-0.05, 0) is 30.3 Å². The maximum absolute atomic E-state index is 13.7. The molecule has 1 aliphatic heterocycles. The van der Waals surface area contributed by atoms with E-state index in [2.05, 4.69) is 10.6 Å². The molecule has 11 heteroatoms. The standard InChI is InChI=1S/C22H15FN4O6/c23-15-6-2-3-7-16(15)24-20(28)12-26-21(29)17(25-22(26)30)11-13-9-10-19(33-13)14-5-1-4-8-18(14)27(31)32/h1-11H,12H2,(H,24,28)(H,25,30)/b17-11-. The molecule has 0 unspecified atom stereocenters. The van der Waals surface area contributed by atoms with Crippen molar-refractivity contribution in [3.05, 3.63) is 88.1 Å². The number of nitro groups is 1. The van der Waals surface area contributed by atoms with Crippen LogP contribution in [0.4, 0.5) is 20.6 Å². The summed E-state index contributed by atoms with van der Waals surface area (Å²) in [5.74, 6) is -1.85. The van der Waals surface area contributed by atoms with Crippen LogP contribution >= 0.6 is 0 Å². The Bertz CT molecular complexity index is 1320. The molecule has 4 rings (SSSR count). The van der Waals surface area contributed by atoms with Crippen LogP contribution in [0.3, 0.4) is 0 Å². The van der Waals surface area contributed by atoms with Gasteiger partial charge in [-0.3, -0.25) is 19.7 Å². The van der Waals surface area contributed by atoms with Crippen molar-refractivity contribution in [2.45, 2.75) is 0 Å². The number of urea groups is 1. The first-order chi connectivity index (χ1) is 15.8. The lowest BCUT2D eigenvalue weighted by Gasteiger charge is -2.12. The summed E-state index contributed by atoms with van der Waals surface area (Å²) in [6.45, 7) is -0.629. The number of amides is 4. The molecule has 2 N–H and O–H groups in total. The summed E-state index contributed by atoms with van der Waals surface area (Å²) in [5.41, 5.74) is -0.130.